The zero-order valence-corrected chi connectivity index (χ0v) is 19.8. The van der Waals surface area contributed by atoms with Crippen LogP contribution in [0.5, 0.6) is 5.75 Å². The van der Waals surface area contributed by atoms with Crippen LogP contribution in [-0.2, 0) is 19.3 Å². The SMILES string of the molecule is COc1ccccc1Cc1nc2cc(F)ccc2n1C1CCN(C(=O)c2n[nH]c3c2CCC3)CC1. The van der Waals surface area contributed by atoms with E-state index >= 15 is 0 Å². The third kappa shape index (κ3) is 3.87. The van der Waals surface area contributed by atoms with E-state index in [0.29, 0.717) is 30.7 Å². The summed E-state index contributed by atoms with van der Waals surface area (Å²) in [5, 5.41) is 7.38. The predicted octanol–water partition coefficient (Wildman–Crippen LogP) is 4.46. The molecule has 2 aromatic carbocycles. The number of aromatic amines is 1. The topological polar surface area (TPSA) is 76.0 Å². The van der Waals surface area contributed by atoms with Crippen molar-refractivity contribution in [3.8, 4) is 5.75 Å². The third-order valence-corrected chi connectivity index (χ3v) is 7.39. The Hall–Kier alpha value is -3.68. The number of nitrogens with zero attached hydrogens (tertiary/aromatic N) is 4. The molecule has 0 saturated carbocycles. The molecule has 2 aromatic heterocycles. The van der Waals surface area contributed by atoms with E-state index in [4.69, 9.17) is 9.72 Å². The van der Waals surface area contributed by atoms with Crippen LogP contribution in [0.3, 0.4) is 0 Å². The zero-order valence-electron chi connectivity index (χ0n) is 19.8. The van der Waals surface area contributed by atoms with Gasteiger partial charge in [-0.1, -0.05) is 18.2 Å². The van der Waals surface area contributed by atoms with Gasteiger partial charge in [-0.05, 0) is 50.3 Å². The summed E-state index contributed by atoms with van der Waals surface area (Å²) in [6, 6.07) is 12.9. The summed E-state index contributed by atoms with van der Waals surface area (Å²) in [6.45, 7) is 1.31. The predicted molar refractivity (Wildman–Crippen MR) is 130 cm³/mol. The van der Waals surface area contributed by atoms with E-state index in [1.165, 1.54) is 12.1 Å². The molecular formula is C27H28FN5O2. The lowest BCUT2D eigenvalue weighted by Crippen LogP contribution is -2.39. The molecule has 1 saturated heterocycles. The molecule has 1 fully saturated rings. The van der Waals surface area contributed by atoms with E-state index in [2.05, 4.69) is 14.8 Å². The number of benzene rings is 2. The molecule has 35 heavy (non-hydrogen) atoms. The minimum absolute atomic E-state index is 0.0228. The summed E-state index contributed by atoms with van der Waals surface area (Å²) < 4.78 is 21.8. The molecule has 0 unspecified atom stereocenters. The molecule has 1 N–H and O–H groups in total. The average molecular weight is 474 g/mol. The van der Waals surface area contributed by atoms with Gasteiger partial charge < -0.3 is 14.2 Å². The zero-order chi connectivity index (χ0) is 23.9. The maximum Gasteiger partial charge on any atom is 0.274 e. The van der Waals surface area contributed by atoms with Gasteiger partial charge in [0.2, 0.25) is 0 Å². The Morgan fingerprint density at radius 3 is 2.83 bits per heavy atom. The number of para-hydroxylation sites is 1. The normalized spacial score (nSPS) is 16.1. The number of aryl methyl sites for hydroxylation is 1. The van der Waals surface area contributed by atoms with Crippen LogP contribution < -0.4 is 4.74 Å². The van der Waals surface area contributed by atoms with Crippen LogP contribution in [0.4, 0.5) is 4.39 Å². The first-order chi connectivity index (χ1) is 17.1. The van der Waals surface area contributed by atoms with E-state index in [0.717, 1.165) is 66.0 Å². The Morgan fingerprint density at radius 1 is 1.17 bits per heavy atom. The number of carbonyl (C=O) groups excluding carboxylic acids is 1. The Labute approximate surface area is 202 Å². The van der Waals surface area contributed by atoms with E-state index < -0.39 is 0 Å². The molecule has 4 aromatic rings. The highest BCUT2D eigenvalue weighted by atomic mass is 19.1. The molecule has 0 atom stereocenters. The Morgan fingerprint density at radius 2 is 2.00 bits per heavy atom. The van der Waals surface area contributed by atoms with Crippen LogP contribution in [0.1, 0.15) is 58.4 Å². The molecule has 3 heterocycles. The van der Waals surface area contributed by atoms with Crippen LogP contribution in [0.25, 0.3) is 11.0 Å². The Balaban J connectivity index is 1.28. The number of amides is 1. The van der Waals surface area contributed by atoms with Crippen molar-refractivity contribution < 1.29 is 13.9 Å². The van der Waals surface area contributed by atoms with Gasteiger partial charge in [-0.2, -0.15) is 5.10 Å². The van der Waals surface area contributed by atoms with Gasteiger partial charge in [0, 0.05) is 48.4 Å². The van der Waals surface area contributed by atoms with Crippen molar-refractivity contribution in [2.45, 2.75) is 44.6 Å². The van der Waals surface area contributed by atoms with Gasteiger partial charge in [0.15, 0.2) is 5.69 Å². The van der Waals surface area contributed by atoms with Gasteiger partial charge in [-0.15, -0.1) is 0 Å². The molecule has 1 amide bonds. The van der Waals surface area contributed by atoms with E-state index in [1.54, 1.807) is 7.11 Å². The number of halogens is 1. The van der Waals surface area contributed by atoms with Gasteiger partial charge in [-0.25, -0.2) is 9.37 Å². The summed E-state index contributed by atoms with van der Waals surface area (Å²) in [4.78, 5) is 20.0. The van der Waals surface area contributed by atoms with Crippen LogP contribution in [0.2, 0.25) is 0 Å². The number of rotatable bonds is 5. The van der Waals surface area contributed by atoms with Crippen molar-refractivity contribution in [1.29, 1.82) is 0 Å². The number of hydrogen-bond acceptors (Lipinski definition) is 4. The largest absolute Gasteiger partial charge is 0.496 e. The Bertz CT molecular complexity index is 1400. The summed E-state index contributed by atoms with van der Waals surface area (Å²) in [5.41, 5.74) is 5.41. The van der Waals surface area contributed by atoms with Crippen molar-refractivity contribution in [3.63, 3.8) is 0 Å². The standard InChI is InChI=1S/C27H28FN5O2/c1-35-24-8-3-2-5-17(24)15-25-29-22-16-18(28)9-10-23(22)33(25)19-11-13-32(14-12-19)27(34)26-20-6-4-7-21(20)30-31-26/h2-3,5,8-10,16,19H,4,6-7,11-15H2,1H3,(H,30,31). The number of piperidine rings is 1. The fraction of sp³-hybridized carbons (Fsp3) is 0.370. The molecule has 6 rings (SSSR count). The first-order valence-electron chi connectivity index (χ1n) is 12.3. The maximum absolute atomic E-state index is 14.0. The number of hydrogen-bond donors (Lipinski definition) is 1. The summed E-state index contributed by atoms with van der Waals surface area (Å²) in [5.74, 6) is 1.42. The monoisotopic (exact) mass is 473 g/mol. The number of imidazole rings is 1. The number of methoxy groups -OCH3 is 1. The van der Waals surface area contributed by atoms with Crippen molar-refractivity contribution >= 4 is 16.9 Å². The molecule has 2 aliphatic rings. The van der Waals surface area contributed by atoms with Gasteiger partial charge in [0.25, 0.3) is 5.91 Å². The fourth-order valence-electron chi connectivity index (χ4n) is 5.65. The van der Waals surface area contributed by atoms with Gasteiger partial charge in [-0.3, -0.25) is 9.89 Å². The quantitative estimate of drug-likeness (QED) is 0.464. The fourth-order valence-corrected chi connectivity index (χ4v) is 5.65. The average Bonchev–Trinajstić information content (AvgIpc) is 3.58. The van der Waals surface area contributed by atoms with Crippen molar-refractivity contribution in [2.24, 2.45) is 0 Å². The molecule has 180 valence electrons. The van der Waals surface area contributed by atoms with Crippen LogP contribution in [-0.4, -0.2) is 50.8 Å². The summed E-state index contributed by atoms with van der Waals surface area (Å²) in [6.07, 6.45) is 5.17. The number of likely N-dealkylation sites (tertiary alicyclic amines) is 1. The highest BCUT2D eigenvalue weighted by Crippen LogP contribution is 2.32. The highest BCUT2D eigenvalue weighted by molar-refractivity contribution is 5.94. The minimum atomic E-state index is -0.294. The summed E-state index contributed by atoms with van der Waals surface area (Å²) in [7, 11) is 1.67. The van der Waals surface area contributed by atoms with E-state index in [1.807, 2.05) is 35.2 Å². The molecular weight excluding hydrogens is 445 g/mol. The molecule has 1 aliphatic carbocycles. The van der Waals surface area contributed by atoms with Gasteiger partial charge in [0.05, 0.1) is 18.1 Å². The molecule has 7 nitrogen and oxygen atoms in total. The maximum atomic E-state index is 14.0. The number of ether oxygens (including phenoxy) is 1. The van der Waals surface area contributed by atoms with Crippen LogP contribution in [0, 0.1) is 5.82 Å². The molecule has 0 spiro atoms. The first-order valence-corrected chi connectivity index (χ1v) is 12.3. The van der Waals surface area contributed by atoms with Gasteiger partial charge in [0.1, 0.15) is 17.4 Å². The number of aromatic nitrogens is 4. The number of carbonyl (C=O) groups is 1. The van der Waals surface area contributed by atoms with Crippen molar-refractivity contribution in [3.05, 3.63) is 76.6 Å². The minimum Gasteiger partial charge on any atom is -0.496 e. The molecule has 8 heteroatoms. The van der Waals surface area contributed by atoms with Crippen molar-refractivity contribution in [2.75, 3.05) is 20.2 Å². The molecule has 1 aliphatic heterocycles. The lowest BCUT2D eigenvalue weighted by Gasteiger charge is -2.33. The second-order valence-electron chi connectivity index (χ2n) is 9.43. The second-order valence-corrected chi connectivity index (χ2v) is 9.43. The number of H-pyrrole nitrogens is 1. The molecule has 0 radical (unpaired) electrons. The van der Waals surface area contributed by atoms with Crippen LogP contribution >= 0.6 is 0 Å². The van der Waals surface area contributed by atoms with Crippen molar-refractivity contribution in [1.82, 2.24) is 24.6 Å². The Kier molecular flexibility index (Phi) is 5.51. The first kappa shape index (κ1) is 21.8. The van der Waals surface area contributed by atoms with Crippen LogP contribution in [0.15, 0.2) is 42.5 Å². The lowest BCUT2D eigenvalue weighted by atomic mass is 10.0. The lowest BCUT2D eigenvalue weighted by molar-refractivity contribution is 0.0688. The van der Waals surface area contributed by atoms with Gasteiger partial charge >= 0.3 is 0 Å². The number of fused-ring (bicyclic) bond motifs is 2. The van der Waals surface area contributed by atoms with E-state index in [9.17, 15) is 9.18 Å². The second kappa shape index (κ2) is 8.83. The third-order valence-electron chi connectivity index (χ3n) is 7.39. The van der Waals surface area contributed by atoms with E-state index in [-0.39, 0.29) is 17.8 Å². The summed E-state index contributed by atoms with van der Waals surface area (Å²) >= 11 is 0. The highest BCUT2D eigenvalue weighted by Gasteiger charge is 2.31. The molecule has 0 bridgehead atoms. The number of nitrogens with one attached hydrogen (secondary N) is 1. The smallest absolute Gasteiger partial charge is 0.274 e.